The molecule has 0 bridgehead atoms. The minimum atomic E-state index is -2.67. The summed E-state index contributed by atoms with van der Waals surface area (Å²) in [6.45, 7) is 8.33. The summed E-state index contributed by atoms with van der Waals surface area (Å²) < 4.78 is 17.5. The van der Waals surface area contributed by atoms with Crippen LogP contribution in [0.3, 0.4) is 0 Å². The van der Waals surface area contributed by atoms with Crippen molar-refractivity contribution in [3.8, 4) is 0 Å². The summed E-state index contributed by atoms with van der Waals surface area (Å²) in [6, 6.07) is 0.544. The Morgan fingerprint density at radius 2 is 1.39 bits per heavy atom. The van der Waals surface area contributed by atoms with Gasteiger partial charge in [-0.1, -0.05) is 20.8 Å². The van der Waals surface area contributed by atoms with Crippen molar-refractivity contribution < 1.29 is 18.1 Å². The van der Waals surface area contributed by atoms with Crippen LogP contribution in [-0.2, 0) is 18.1 Å². The van der Waals surface area contributed by atoms with Crippen LogP contribution in [0.15, 0.2) is 4.99 Å². The second-order valence-electron chi connectivity index (χ2n) is 3.95. The van der Waals surface area contributed by atoms with Gasteiger partial charge in [-0.25, -0.2) is 9.79 Å². The highest BCUT2D eigenvalue weighted by Gasteiger charge is 2.40. The first-order chi connectivity index (χ1) is 8.74. The van der Waals surface area contributed by atoms with Crippen molar-refractivity contribution in [1.29, 1.82) is 0 Å². The van der Waals surface area contributed by atoms with Crippen LogP contribution in [-0.4, -0.2) is 41.2 Å². The Hall–Kier alpha value is -0.523. The number of isocyanates is 1. The minimum Gasteiger partial charge on any atom is -0.373 e. The van der Waals surface area contributed by atoms with Crippen LogP contribution in [0.25, 0.3) is 0 Å². The molecule has 0 aliphatic rings. The van der Waals surface area contributed by atoms with Gasteiger partial charge in [0, 0.05) is 25.9 Å². The van der Waals surface area contributed by atoms with Gasteiger partial charge in [-0.3, -0.25) is 0 Å². The number of aliphatic imine (C=N–C) groups is 1. The molecule has 0 aromatic rings. The Balaban J connectivity index is 4.55. The summed E-state index contributed by atoms with van der Waals surface area (Å²) in [5.74, 6) is 0. The van der Waals surface area contributed by atoms with Crippen LogP contribution in [0.1, 0.15) is 40.0 Å². The molecular weight excluding hydrogens is 250 g/mol. The molecule has 0 heterocycles. The molecule has 106 valence electrons. The Kier molecular flexibility index (Phi) is 11.2. The van der Waals surface area contributed by atoms with E-state index in [4.69, 9.17) is 13.3 Å². The van der Waals surface area contributed by atoms with Gasteiger partial charge in [-0.05, 0) is 19.3 Å². The SMILES string of the molecule is CCCO[Si](CCN=C=O)(OCCC)OCCC. The molecule has 0 aliphatic carbocycles. The van der Waals surface area contributed by atoms with Gasteiger partial charge in [0.1, 0.15) is 0 Å². The van der Waals surface area contributed by atoms with Gasteiger partial charge >= 0.3 is 8.80 Å². The predicted molar refractivity (Wildman–Crippen MR) is 72.3 cm³/mol. The second-order valence-corrected chi connectivity index (χ2v) is 6.68. The van der Waals surface area contributed by atoms with Crippen molar-refractivity contribution in [3.05, 3.63) is 0 Å². The zero-order valence-electron chi connectivity index (χ0n) is 11.7. The molecule has 0 saturated heterocycles. The standard InChI is InChI=1S/C12H25NO4Si/c1-4-8-15-18(16-9-5-2,17-10-6-3)11-7-13-12-14/h4-11H2,1-3H3. The number of carbonyl (C=O) groups excluding carboxylic acids is 1. The average molecular weight is 275 g/mol. The van der Waals surface area contributed by atoms with Crippen LogP contribution in [0.4, 0.5) is 0 Å². The molecule has 0 rings (SSSR count). The predicted octanol–water partition coefficient (Wildman–Crippen LogP) is 2.54. The topological polar surface area (TPSA) is 57.1 Å². The molecule has 0 aliphatic heterocycles. The lowest BCUT2D eigenvalue weighted by Crippen LogP contribution is -2.47. The Morgan fingerprint density at radius 1 is 0.944 bits per heavy atom. The van der Waals surface area contributed by atoms with Gasteiger partial charge in [0.2, 0.25) is 6.08 Å². The first-order valence-electron chi connectivity index (χ1n) is 6.70. The van der Waals surface area contributed by atoms with Crippen molar-refractivity contribution in [3.63, 3.8) is 0 Å². The van der Waals surface area contributed by atoms with Gasteiger partial charge in [0.15, 0.2) is 0 Å². The van der Waals surface area contributed by atoms with Gasteiger partial charge < -0.3 is 13.3 Å². The zero-order valence-corrected chi connectivity index (χ0v) is 12.7. The second kappa shape index (κ2) is 11.6. The monoisotopic (exact) mass is 275 g/mol. The maximum absolute atomic E-state index is 10.1. The summed E-state index contributed by atoms with van der Waals surface area (Å²) in [7, 11) is -2.67. The summed E-state index contributed by atoms with van der Waals surface area (Å²) in [6.07, 6.45) is 4.28. The fraction of sp³-hybridized carbons (Fsp3) is 0.917. The maximum Gasteiger partial charge on any atom is 0.502 e. The smallest absolute Gasteiger partial charge is 0.373 e. The van der Waals surface area contributed by atoms with Crippen LogP contribution >= 0.6 is 0 Å². The molecule has 0 aromatic carbocycles. The van der Waals surface area contributed by atoms with E-state index in [9.17, 15) is 4.79 Å². The minimum absolute atomic E-state index is 0.354. The quantitative estimate of drug-likeness (QED) is 0.312. The number of hydrogen-bond acceptors (Lipinski definition) is 5. The Labute approximate surface area is 111 Å². The van der Waals surface area contributed by atoms with Crippen molar-refractivity contribution in [2.45, 2.75) is 46.1 Å². The third kappa shape index (κ3) is 7.74. The summed E-state index contributed by atoms with van der Waals surface area (Å²) >= 11 is 0. The largest absolute Gasteiger partial charge is 0.502 e. The van der Waals surface area contributed by atoms with Crippen molar-refractivity contribution in [2.24, 2.45) is 4.99 Å². The first-order valence-corrected chi connectivity index (χ1v) is 8.63. The van der Waals surface area contributed by atoms with Crippen molar-refractivity contribution in [2.75, 3.05) is 26.4 Å². The van der Waals surface area contributed by atoms with Gasteiger partial charge in [0.25, 0.3) is 0 Å². The molecule has 6 heteroatoms. The number of rotatable bonds is 12. The normalized spacial score (nSPS) is 11.3. The molecule has 18 heavy (non-hydrogen) atoms. The van der Waals surface area contributed by atoms with Crippen LogP contribution in [0.2, 0.25) is 6.04 Å². The van der Waals surface area contributed by atoms with E-state index in [1.807, 2.05) is 20.8 Å². The van der Waals surface area contributed by atoms with Crippen molar-refractivity contribution >= 4 is 14.9 Å². The fourth-order valence-electron chi connectivity index (χ4n) is 1.35. The Morgan fingerprint density at radius 3 is 1.72 bits per heavy atom. The van der Waals surface area contributed by atoms with E-state index in [0.717, 1.165) is 19.3 Å². The average Bonchev–Trinajstić information content (AvgIpc) is 2.40. The summed E-state index contributed by atoms with van der Waals surface area (Å²) in [5.41, 5.74) is 0. The van der Waals surface area contributed by atoms with E-state index in [-0.39, 0.29) is 0 Å². The lowest BCUT2D eigenvalue weighted by Gasteiger charge is -2.29. The molecule has 0 saturated carbocycles. The lowest BCUT2D eigenvalue weighted by atomic mass is 10.5. The van der Waals surface area contributed by atoms with Gasteiger partial charge in [-0.2, -0.15) is 0 Å². The fourth-order valence-corrected chi connectivity index (χ4v) is 3.97. The number of nitrogens with zero attached hydrogens (tertiary/aromatic N) is 1. The van der Waals surface area contributed by atoms with Crippen LogP contribution < -0.4 is 0 Å². The van der Waals surface area contributed by atoms with Crippen LogP contribution in [0, 0.1) is 0 Å². The molecule has 0 aromatic heterocycles. The van der Waals surface area contributed by atoms with Crippen molar-refractivity contribution in [1.82, 2.24) is 0 Å². The molecule has 5 nitrogen and oxygen atoms in total. The first kappa shape index (κ1) is 17.5. The van der Waals surface area contributed by atoms with E-state index < -0.39 is 8.80 Å². The summed E-state index contributed by atoms with van der Waals surface area (Å²) in [4.78, 5) is 13.7. The zero-order chi connectivity index (χ0) is 13.7. The highest BCUT2D eigenvalue weighted by molar-refractivity contribution is 6.60. The molecule has 0 fully saturated rings. The molecular formula is C12H25NO4Si. The molecule has 0 unspecified atom stereocenters. The van der Waals surface area contributed by atoms with E-state index in [2.05, 4.69) is 4.99 Å². The molecule has 0 radical (unpaired) electrons. The lowest BCUT2D eigenvalue weighted by molar-refractivity contribution is 0.0599. The highest BCUT2D eigenvalue weighted by Crippen LogP contribution is 2.17. The third-order valence-corrected chi connectivity index (χ3v) is 4.94. The van der Waals surface area contributed by atoms with Gasteiger partial charge in [-0.15, -0.1) is 0 Å². The third-order valence-electron chi connectivity index (χ3n) is 2.17. The highest BCUT2D eigenvalue weighted by atomic mass is 28.4. The molecule has 0 amide bonds. The summed E-state index contributed by atoms with van der Waals surface area (Å²) in [5, 5.41) is 0. The Bertz CT molecular complexity index is 222. The van der Waals surface area contributed by atoms with E-state index in [1.54, 1.807) is 0 Å². The molecule has 0 atom stereocenters. The molecule has 0 N–H and O–H groups in total. The van der Waals surface area contributed by atoms with Gasteiger partial charge in [0.05, 0.1) is 6.54 Å². The number of hydrogen-bond donors (Lipinski definition) is 0. The van der Waals surface area contributed by atoms with E-state index >= 15 is 0 Å². The maximum atomic E-state index is 10.1. The van der Waals surface area contributed by atoms with E-state index in [0.29, 0.717) is 32.4 Å². The molecule has 0 spiro atoms. The van der Waals surface area contributed by atoms with Crippen LogP contribution in [0.5, 0.6) is 0 Å². The van der Waals surface area contributed by atoms with E-state index in [1.165, 1.54) is 6.08 Å².